The Labute approximate surface area is 152 Å². The van der Waals surface area contributed by atoms with Crippen LogP contribution in [-0.4, -0.2) is 42.6 Å². The maximum Gasteiger partial charge on any atom is 0.335 e. The van der Waals surface area contributed by atoms with Crippen LogP contribution in [0.25, 0.3) is 0 Å². The van der Waals surface area contributed by atoms with Crippen molar-refractivity contribution in [1.82, 2.24) is 10.2 Å². The summed E-state index contributed by atoms with van der Waals surface area (Å²) >= 11 is 0. The highest BCUT2D eigenvalue weighted by Gasteiger charge is 2.46. The molecule has 1 unspecified atom stereocenters. The van der Waals surface area contributed by atoms with E-state index < -0.39 is 11.5 Å². The summed E-state index contributed by atoms with van der Waals surface area (Å²) in [7, 11) is 3.78. The number of fused-ring (bicyclic) bond motifs is 1. The van der Waals surface area contributed by atoms with Crippen molar-refractivity contribution < 1.29 is 19.4 Å². The Morgan fingerprint density at radius 3 is 2.50 bits per heavy atom. The van der Waals surface area contributed by atoms with Crippen LogP contribution >= 0.6 is 0 Å². The van der Waals surface area contributed by atoms with Crippen LogP contribution in [0.15, 0.2) is 48.5 Å². The van der Waals surface area contributed by atoms with Gasteiger partial charge >= 0.3 is 5.97 Å². The minimum absolute atomic E-state index is 0.0967. The Kier molecular flexibility index (Phi) is 4.95. The summed E-state index contributed by atoms with van der Waals surface area (Å²) in [4.78, 5) is 26.0. The Morgan fingerprint density at radius 1 is 1.15 bits per heavy atom. The number of amides is 1. The van der Waals surface area contributed by atoms with E-state index >= 15 is 0 Å². The summed E-state index contributed by atoms with van der Waals surface area (Å²) < 4.78 is 5.72. The van der Waals surface area contributed by atoms with E-state index in [0.29, 0.717) is 19.6 Å². The Bertz CT molecular complexity index is 817. The first kappa shape index (κ1) is 17.9. The number of hydrogen-bond acceptors (Lipinski definition) is 4. The quantitative estimate of drug-likeness (QED) is 0.861. The molecule has 3 rings (SSSR count). The number of carboxylic acid groups (broad SMARTS) is 1. The van der Waals surface area contributed by atoms with E-state index in [1.54, 1.807) is 12.1 Å². The molecule has 2 aromatic carbocycles. The third-order valence-electron chi connectivity index (χ3n) is 4.85. The molecule has 1 heterocycles. The van der Waals surface area contributed by atoms with Crippen LogP contribution in [0.1, 0.15) is 27.9 Å². The molecule has 0 saturated carbocycles. The molecule has 0 fully saturated rings. The number of para-hydroxylation sites is 1. The van der Waals surface area contributed by atoms with E-state index in [2.05, 4.69) is 5.32 Å². The monoisotopic (exact) mass is 354 g/mol. The molecule has 1 amide bonds. The highest BCUT2D eigenvalue weighted by Crippen LogP contribution is 2.40. The highest BCUT2D eigenvalue weighted by molar-refractivity contribution is 5.89. The maximum atomic E-state index is 13.2. The summed E-state index contributed by atoms with van der Waals surface area (Å²) in [5.74, 6) is -0.333. The van der Waals surface area contributed by atoms with Crippen molar-refractivity contribution in [2.75, 3.05) is 20.7 Å². The van der Waals surface area contributed by atoms with Crippen LogP contribution in [0.2, 0.25) is 0 Å². The number of carbonyl (C=O) groups is 2. The predicted molar refractivity (Wildman–Crippen MR) is 97.2 cm³/mol. The number of benzene rings is 2. The fourth-order valence-electron chi connectivity index (χ4n) is 3.37. The number of nitrogens with one attached hydrogen (secondary N) is 1. The van der Waals surface area contributed by atoms with Gasteiger partial charge in [-0.2, -0.15) is 0 Å². The van der Waals surface area contributed by atoms with Gasteiger partial charge in [0.15, 0.2) is 0 Å². The first-order chi connectivity index (χ1) is 12.4. The number of hydrogen-bond donors (Lipinski definition) is 2. The molecule has 0 aromatic heterocycles. The number of likely N-dealkylation sites (N-methyl/N-ethyl adjacent to an activating group) is 1. The van der Waals surface area contributed by atoms with E-state index in [9.17, 15) is 9.59 Å². The smallest absolute Gasteiger partial charge is 0.335 e. The van der Waals surface area contributed by atoms with Crippen molar-refractivity contribution in [2.45, 2.75) is 18.5 Å². The summed E-state index contributed by atoms with van der Waals surface area (Å²) in [6.07, 6.45) is 0.556. The second-order valence-corrected chi connectivity index (χ2v) is 6.53. The van der Waals surface area contributed by atoms with E-state index in [0.717, 1.165) is 16.9 Å². The Hall–Kier alpha value is -2.86. The van der Waals surface area contributed by atoms with Crippen molar-refractivity contribution in [2.24, 2.45) is 0 Å². The zero-order valence-corrected chi connectivity index (χ0v) is 14.9. The van der Waals surface area contributed by atoms with Gasteiger partial charge in [0.2, 0.25) is 5.91 Å². The largest absolute Gasteiger partial charge is 0.493 e. The number of rotatable bonds is 5. The fraction of sp³-hybridized carbons (Fsp3) is 0.300. The lowest BCUT2D eigenvalue weighted by Crippen LogP contribution is -2.55. The second kappa shape index (κ2) is 7.17. The highest BCUT2D eigenvalue weighted by atomic mass is 16.5. The Morgan fingerprint density at radius 2 is 1.85 bits per heavy atom. The molecule has 2 aromatic rings. The molecular formula is C20H22N2O4. The molecule has 0 radical (unpaired) electrons. The lowest BCUT2D eigenvalue weighted by atomic mass is 9.82. The lowest BCUT2D eigenvalue weighted by Gasteiger charge is -2.42. The molecule has 136 valence electrons. The minimum atomic E-state index is -0.967. The van der Waals surface area contributed by atoms with Crippen molar-refractivity contribution in [3.05, 3.63) is 65.2 Å². The van der Waals surface area contributed by atoms with Gasteiger partial charge in [0.05, 0.1) is 12.2 Å². The second-order valence-electron chi connectivity index (χ2n) is 6.53. The maximum absolute atomic E-state index is 13.2. The van der Waals surface area contributed by atoms with E-state index in [-0.39, 0.29) is 11.5 Å². The summed E-state index contributed by atoms with van der Waals surface area (Å²) in [6, 6.07) is 14.1. The van der Waals surface area contributed by atoms with E-state index in [1.165, 1.54) is 12.1 Å². The van der Waals surface area contributed by atoms with Gasteiger partial charge in [0.1, 0.15) is 11.3 Å². The number of aromatic carboxylic acids is 1. The van der Waals surface area contributed by atoms with Crippen LogP contribution in [0.5, 0.6) is 5.75 Å². The minimum Gasteiger partial charge on any atom is -0.493 e. The number of nitrogens with zero attached hydrogens (tertiary/aromatic N) is 1. The SMILES string of the molecule is CN(C)C1(C(=O)NCc2ccc(C(=O)O)cc2)CCOc2ccccc21. The third-order valence-corrected chi connectivity index (χ3v) is 4.85. The first-order valence-electron chi connectivity index (χ1n) is 8.45. The van der Waals surface area contributed by atoms with Crippen molar-refractivity contribution in [3.8, 4) is 5.75 Å². The topological polar surface area (TPSA) is 78.9 Å². The average molecular weight is 354 g/mol. The summed E-state index contributed by atoms with van der Waals surface area (Å²) in [6.45, 7) is 0.799. The molecule has 0 bridgehead atoms. The molecule has 6 nitrogen and oxygen atoms in total. The van der Waals surface area contributed by atoms with Gasteiger partial charge in [-0.25, -0.2) is 4.79 Å². The van der Waals surface area contributed by atoms with Crippen LogP contribution in [-0.2, 0) is 16.9 Å². The number of carbonyl (C=O) groups excluding carboxylic acids is 1. The molecule has 6 heteroatoms. The molecule has 2 N–H and O–H groups in total. The van der Waals surface area contributed by atoms with Crippen LogP contribution in [0, 0.1) is 0 Å². The molecule has 1 atom stereocenters. The molecule has 26 heavy (non-hydrogen) atoms. The van der Waals surface area contributed by atoms with Crippen molar-refractivity contribution in [3.63, 3.8) is 0 Å². The fourth-order valence-corrected chi connectivity index (χ4v) is 3.37. The first-order valence-corrected chi connectivity index (χ1v) is 8.45. The van der Waals surface area contributed by atoms with Gasteiger partial charge < -0.3 is 15.2 Å². The van der Waals surface area contributed by atoms with Gasteiger partial charge in [-0.15, -0.1) is 0 Å². The van der Waals surface area contributed by atoms with E-state index in [1.807, 2.05) is 43.3 Å². The predicted octanol–water partition coefficient (Wildman–Crippen LogP) is 2.24. The van der Waals surface area contributed by atoms with Gasteiger partial charge in [-0.3, -0.25) is 9.69 Å². The Balaban J connectivity index is 1.82. The summed E-state index contributed by atoms with van der Waals surface area (Å²) in [5, 5.41) is 12.0. The van der Waals surface area contributed by atoms with Crippen LogP contribution in [0.4, 0.5) is 0 Å². The molecule has 1 aliphatic rings. The van der Waals surface area contributed by atoms with Crippen LogP contribution in [0.3, 0.4) is 0 Å². The number of ether oxygens (including phenoxy) is 1. The lowest BCUT2D eigenvalue weighted by molar-refractivity contribution is -0.134. The van der Waals surface area contributed by atoms with Crippen molar-refractivity contribution in [1.29, 1.82) is 0 Å². The standard InChI is InChI=1S/C20H22N2O4/c1-22(2)20(11-12-26-17-6-4-3-5-16(17)20)19(25)21-13-14-7-9-15(10-8-14)18(23)24/h3-10H,11-13H2,1-2H3,(H,21,25)(H,23,24). The third kappa shape index (κ3) is 3.15. The average Bonchev–Trinajstić information content (AvgIpc) is 2.65. The zero-order chi connectivity index (χ0) is 18.7. The molecule has 0 aliphatic carbocycles. The zero-order valence-electron chi connectivity index (χ0n) is 14.9. The normalized spacial score (nSPS) is 18.7. The van der Waals surface area contributed by atoms with E-state index in [4.69, 9.17) is 9.84 Å². The molecule has 1 aliphatic heterocycles. The van der Waals surface area contributed by atoms with Gasteiger partial charge in [0, 0.05) is 18.5 Å². The van der Waals surface area contributed by atoms with Gasteiger partial charge in [-0.05, 0) is 37.9 Å². The molecule has 0 saturated heterocycles. The summed E-state index contributed by atoms with van der Waals surface area (Å²) in [5.41, 5.74) is 1.13. The van der Waals surface area contributed by atoms with Gasteiger partial charge in [0.25, 0.3) is 0 Å². The van der Waals surface area contributed by atoms with Crippen LogP contribution < -0.4 is 10.1 Å². The van der Waals surface area contributed by atoms with Crippen molar-refractivity contribution >= 4 is 11.9 Å². The number of carboxylic acids is 1. The van der Waals surface area contributed by atoms with Gasteiger partial charge in [-0.1, -0.05) is 30.3 Å². The molecule has 0 spiro atoms. The molecular weight excluding hydrogens is 332 g/mol.